The van der Waals surface area contributed by atoms with Crippen molar-refractivity contribution in [2.75, 3.05) is 17.7 Å². The molecule has 0 bridgehead atoms. The first-order valence-corrected chi connectivity index (χ1v) is 6.03. The zero-order valence-corrected chi connectivity index (χ0v) is 10.6. The third-order valence-electron chi connectivity index (χ3n) is 2.23. The van der Waals surface area contributed by atoms with Gasteiger partial charge in [0, 0.05) is 24.7 Å². The molecule has 0 saturated heterocycles. The average Bonchev–Trinajstić information content (AvgIpc) is 2.90. The van der Waals surface area contributed by atoms with Gasteiger partial charge in [0.25, 0.3) is 11.6 Å². The SMILES string of the molecule is CNc1cc(C(=O)Nc2nccs2)c([N+](=O)[O-])cn1. The molecule has 0 unspecified atom stereocenters. The Hall–Kier alpha value is -2.55. The smallest absolute Gasteiger partial charge is 0.300 e. The van der Waals surface area contributed by atoms with E-state index in [1.165, 1.54) is 23.6 Å². The Balaban J connectivity index is 2.35. The lowest BCUT2D eigenvalue weighted by Crippen LogP contribution is -2.14. The summed E-state index contributed by atoms with van der Waals surface area (Å²) in [7, 11) is 1.61. The molecule has 2 heterocycles. The molecule has 19 heavy (non-hydrogen) atoms. The van der Waals surface area contributed by atoms with Crippen LogP contribution in [0.1, 0.15) is 10.4 Å². The molecule has 1 amide bonds. The minimum absolute atomic E-state index is 0.0699. The van der Waals surface area contributed by atoms with E-state index >= 15 is 0 Å². The maximum absolute atomic E-state index is 12.0. The minimum atomic E-state index is -0.650. The van der Waals surface area contributed by atoms with Crippen LogP contribution in [0, 0.1) is 10.1 Å². The number of carbonyl (C=O) groups excluding carboxylic acids is 1. The van der Waals surface area contributed by atoms with Crippen molar-refractivity contribution in [2.45, 2.75) is 0 Å². The zero-order valence-electron chi connectivity index (χ0n) is 9.78. The van der Waals surface area contributed by atoms with Crippen LogP contribution in [0.2, 0.25) is 0 Å². The Morgan fingerprint density at radius 2 is 2.26 bits per heavy atom. The maximum Gasteiger partial charge on any atom is 0.300 e. The molecular formula is C10H9N5O3S. The van der Waals surface area contributed by atoms with Crippen LogP contribution in [-0.4, -0.2) is 27.8 Å². The topological polar surface area (TPSA) is 110 Å². The molecule has 0 spiro atoms. The average molecular weight is 279 g/mol. The number of anilines is 2. The van der Waals surface area contributed by atoms with Crippen molar-refractivity contribution >= 4 is 33.9 Å². The van der Waals surface area contributed by atoms with Gasteiger partial charge in [0.15, 0.2) is 5.13 Å². The Morgan fingerprint density at radius 3 is 2.84 bits per heavy atom. The first kappa shape index (κ1) is 12.9. The number of rotatable bonds is 4. The van der Waals surface area contributed by atoms with Crippen LogP contribution in [0.4, 0.5) is 16.6 Å². The van der Waals surface area contributed by atoms with E-state index in [2.05, 4.69) is 20.6 Å². The molecule has 0 atom stereocenters. The van der Waals surface area contributed by atoms with Gasteiger partial charge < -0.3 is 5.32 Å². The van der Waals surface area contributed by atoms with Crippen LogP contribution in [0.15, 0.2) is 23.8 Å². The van der Waals surface area contributed by atoms with E-state index in [1.54, 1.807) is 12.4 Å². The number of carbonyl (C=O) groups is 1. The summed E-state index contributed by atoms with van der Waals surface area (Å²) in [4.78, 5) is 29.9. The fourth-order valence-corrected chi connectivity index (χ4v) is 1.89. The van der Waals surface area contributed by atoms with Gasteiger partial charge in [-0.1, -0.05) is 0 Å². The fourth-order valence-electron chi connectivity index (χ4n) is 1.36. The number of hydrogen-bond donors (Lipinski definition) is 2. The Labute approximate surface area is 111 Å². The summed E-state index contributed by atoms with van der Waals surface area (Å²) in [6.45, 7) is 0. The van der Waals surface area contributed by atoms with Crippen molar-refractivity contribution in [3.05, 3.63) is 39.5 Å². The minimum Gasteiger partial charge on any atom is -0.373 e. The summed E-state index contributed by atoms with van der Waals surface area (Å²) in [5.74, 6) is -0.226. The number of aromatic nitrogens is 2. The molecule has 0 radical (unpaired) electrons. The van der Waals surface area contributed by atoms with E-state index in [1.807, 2.05) is 0 Å². The van der Waals surface area contributed by atoms with Gasteiger partial charge in [-0.2, -0.15) is 0 Å². The lowest BCUT2D eigenvalue weighted by Gasteiger charge is -2.05. The Morgan fingerprint density at radius 1 is 1.47 bits per heavy atom. The molecule has 2 rings (SSSR count). The molecule has 0 fully saturated rings. The van der Waals surface area contributed by atoms with Crippen LogP contribution in [0.25, 0.3) is 0 Å². The first-order valence-electron chi connectivity index (χ1n) is 5.15. The first-order chi connectivity index (χ1) is 9.11. The highest BCUT2D eigenvalue weighted by Crippen LogP contribution is 2.22. The van der Waals surface area contributed by atoms with Gasteiger partial charge in [0.1, 0.15) is 17.6 Å². The molecule has 0 aliphatic heterocycles. The maximum atomic E-state index is 12.0. The molecular weight excluding hydrogens is 270 g/mol. The molecule has 8 nitrogen and oxygen atoms in total. The second-order valence-electron chi connectivity index (χ2n) is 3.39. The largest absolute Gasteiger partial charge is 0.373 e. The lowest BCUT2D eigenvalue weighted by molar-refractivity contribution is -0.385. The van der Waals surface area contributed by atoms with E-state index in [0.717, 1.165) is 6.20 Å². The van der Waals surface area contributed by atoms with Crippen molar-refractivity contribution < 1.29 is 9.72 Å². The third-order valence-corrected chi connectivity index (χ3v) is 2.92. The molecule has 0 aliphatic rings. The Bertz CT molecular complexity index is 614. The highest BCUT2D eigenvalue weighted by atomic mass is 32.1. The van der Waals surface area contributed by atoms with Crippen LogP contribution >= 0.6 is 11.3 Å². The van der Waals surface area contributed by atoms with Gasteiger partial charge in [-0.25, -0.2) is 9.97 Å². The summed E-state index contributed by atoms with van der Waals surface area (Å²) in [5, 5.41) is 18.2. The van der Waals surface area contributed by atoms with Crippen LogP contribution < -0.4 is 10.6 Å². The summed E-state index contributed by atoms with van der Waals surface area (Å²) in [5.41, 5.74) is -0.424. The van der Waals surface area contributed by atoms with E-state index in [4.69, 9.17) is 0 Å². The van der Waals surface area contributed by atoms with Gasteiger partial charge in [0.2, 0.25) is 0 Å². The molecule has 0 saturated carbocycles. The van der Waals surface area contributed by atoms with Gasteiger partial charge in [-0.05, 0) is 0 Å². The van der Waals surface area contributed by atoms with Crippen molar-refractivity contribution in [1.82, 2.24) is 9.97 Å². The lowest BCUT2D eigenvalue weighted by atomic mass is 10.2. The second-order valence-corrected chi connectivity index (χ2v) is 4.28. The Kier molecular flexibility index (Phi) is 3.66. The number of nitrogens with zero attached hydrogens (tertiary/aromatic N) is 3. The zero-order chi connectivity index (χ0) is 13.8. The molecule has 2 aromatic rings. The number of pyridine rings is 1. The summed E-state index contributed by atoms with van der Waals surface area (Å²) < 4.78 is 0. The quantitative estimate of drug-likeness (QED) is 0.651. The van der Waals surface area contributed by atoms with E-state index in [0.29, 0.717) is 10.9 Å². The summed E-state index contributed by atoms with van der Waals surface area (Å²) >= 11 is 1.23. The van der Waals surface area contributed by atoms with Crippen LogP contribution in [0.5, 0.6) is 0 Å². The predicted octanol–water partition coefficient (Wildman–Crippen LogP) is 1.74. The van der Waals surface area contributed by atoms with E-state index < -0.39 is 10.8 Å². The highest BCUT2D eigenvalue weighted by molar-refractivity contribution is 7.13. The monoisotopic (exact) mass is 279 g/mol. The van der Waals surface area contributed by atoms with Crippen molar-refractivity contribution in [3.63, 3.8) is 0 Å². The molecule has 2 N–H and O–H groups in total. The second kappa shape index (κ2) is 5.40. The van der Waals surface area contributed by atoms with Gasteiger partial charge in [-0.3, -0.25) is 20.2 Å². The standard InChI is InChI=1S/C10H9N5O3S/c1-11-8-4-6(7(5-13-8)15(17)18)9(16)14-10-12-2-3-19-10/h2-5H,1H3,(H,11,13)(H,12,14,16). The summed E-state index contributed by atoms with van der Waals surface area (Å²) in [6, 6.07) is 1.32. The fraction of sp³-hybridized carbons (Fsp3) is 0.100. The van der Waals surface area contributed by atoms with Crippen LogP contribution in [-0.2, 0) is 0 Å². The van der Waals surface area contributed by atoms with E-state index in [-0.39, 0.29) is 11.3 Å². The van der Waals surface area contributed by atoms with Crippen LogP contribution in [0.3, 0.4) is 0 Å². The van der Waals surface area contributed by atoms with Gasteiger partial charge >= 0.3 is 0 Å². The van der Waals surface area contributed by atoms with Gasteiger partial charge in [-0.15, -0.1) is 11.3 Å². The number of amides is 1. The normalized spacial score (nSPS) is 9.95. The number of hydrogen-bond acceptors (Lipinski definition) is 7. The third kappa shape index (κ3) is 2.83. The van der Waals surface area contributed by atoms with Crippen molar-refractivity contribution in [2.24, 2.45) is 0 Å². The highest BCUT2D eigenvalue weighted by Gasteiger charge is 2.22. The molecule has 2 aromatic heterocycles. The van der Waals surface area contributed by atoms with E-state index in [9.17, 15) is 14.9 Å². The predicted molar refractivity (Wildman–Crippen MR) is 70.5 cm³/mol. The number of nitro groups is 1. The molecule has 0 aliphatic carbocycles. The number of nitrogens with one attached hydrogen (secondary N) is 2. The molecule has 0 aromatic carbocycles. The molecule has 9 heteroatoms. The molecule has 98 valence electrons. The summed E-state index contributed by atoms with van der Waals surface area (Å²) in [6.07, 6.45) is 2.57. The number of thiazole rings is 1. The van der Waals surface area contributed by atoms with Gasteiger partial charge in [0.05, 0.1) is 4.92 Å². The van der Waals surface area contributed by atoms with Crippen molar-refractivity contribution in [3.8, 4) is 0 Å². The van der Waals surface area contributed by atoms with Crippen molar-refractivity contribution in [1.29, 1.82) is 0 Å².